The number of guanidine groups is 1. The van der Waals surface area contributed by atoms with Crippen LogP contribution in [-0.2, 0) is 0 Å². The molecule has 0 aromatic heterocycles. The number of anilines is 1. The molecule has 0 atom stereocenters. The number of aliphatic imine (C=N–C) groups is 1. The van der Waals surface area contributed by atoms with Crippen molar-refractivity contribution in [1.29, 1.82) is 0 Å². The maximum Gasteiger partial charge on any atom is 0.248 e. The second-order valence-corrected chi connectivity index (χ2v) is 3.33. The number of nitrogens with two attached hydrogens (primary N) is 2. The van der Waals surface area contributed by atoms with Gasteiger partial charge in [-0.25, -0.2) is 0 Å². The number of carbonyl (C=O) groups excluding carboxylic acids is 1. The highest BCUT2D eigenvalue weighted by atomic mass is 16.1. The van der Waals surface area contributed by atoms with Crippen LogP contribution in [-0.4, -0.2) is 18.4 Å². The van der Waals surface area contributed by atoms with Crippen molar-refractivity contribution in [3.8, 4) is 0 Å². The lowest BCUT2D eigenvalue weighted by Crippen LogP contribution is -2.22. The molecule has 86 valence electrons. The Kier molecular flexibility index (Phi) is 4.32. The highest BCUT2D eigenvalue weighted by molar-refractivity contribution is 5.95. The molecule has 1 aromatic carbocycles. The number of hydrogen-bond acceptors (Lipinski definition) is 2. The van der Waals surface area contributed by atoms with Gasteiger partial charge in [-0.1, -0.05) is 6.92 Å². The van der Waals surface area contributed by atoms with Crippen LogP contribution < -0.4 is 16.8 Å². The van der Waals surface area contributed by atoms with Gasteiger partial charge >= 0.3 is 0 Å². The first-order valence-electron chi connectivity index (χ1n) is 5.10. The number of benzene rings is 1. The van der Waals surface area contributed by atoms with E-state index in [0.717, 1.165) is 12.1 Å². The summed E-state index contributed by atoms with van der Waals surface area (Å²) in [6.07, 6.45) is 0.947. The summed E-state index contributed by atoms with van der Waals surface area (Å²) >= 11 is 0. The molecule has 0 saturated carbocycles. The van der Waals surface area contributed by atoms with Gasteiger partial charge in [0.2, 0.25) is 5.91 Å². The van der Waals surface area contributed by atoms with Gasteiger partial charge in [0, 0.05) is 17.8 Å². The third kappa shape index (κ3) is 3.61. The van der Waals surface area contributed by atoms with Crippen LogP contribution in [0.5, 0.6) is 0 Å². The van der Waals surface area contributed by atoms with E-state index in [9.17, 15) is 4.79 Å². The van der Waals surface area contributed by atoms with Crippen LogP contribution in [0.15, 0.2) is 29.3 Å². The summed E-state index contributed by atoms with van der Waals surface area (Å²) in [6, 6.07) is 6.73. The largest absolute Gasteiger partial charge is 0.370 e. The fourth-order valence-corrected chi connectivity index (χ4v) is 1.14. The smallest absolute Gasteiger partial charge is 0.248 e. The Bertz CT molecular complexity index is 383. The zero-order valence-corrected chi connectivity index (χ0v) is 9.23. The minimum atomic E-state index is -0.445. The molecule has 0 radical (unpaired) electrons. The predicted molar refractivity (Wildman–Crippen MR) is 65.4 cm³/mol. The first-order valence-corrected chi connectivity index (χ1v) is 5.10. The zero-order chi connectivity index (χ0) is 12.0. The van der Waals surface area contributed by atoms with Crippen molar-refractivity contribution < 1.29 is 4.79 Å². The van der Waals surface area contributed by atoms with E-state index in [1.807, 2.05) is 6.92 Å². The molecular formula is C11H16N4O. The molecule has 0 heterocycles. The van der Waals surface area contributed by atoms with E-state index in [4.69, 9.17) is 11.5 Å². The minimum absolute atomic E-state index is 0.369. The molecule has 0 fully saturated rings. The molecule has 1 amide bonds. The average Bonchev–Trinajstić information content (AvgIpc) is 2.27. The lowest BCUT2D eigenvalue weighted by Gasteiger charge is -2.05. The molecular weight excluding hydrogens is 204 g/mol. The summed E-state index contributed by atoms with van der Waals surface area (Å²) in [5.74, 6) is -0.0761. The topological polar surface area (TPSA) is 93.5 Å². The first-order chi connectivity index (χ1) is 7.63. The summed E-state index contributed by atoms with van der Waals surface area (Å²) in [7, 11) is 0. The van der Waals surface area contributed by atoms with Crippen LogP contribution in [0.4, 0.5) is 5.69 Å². The second-order valence-electron chi connectivity index (χ2n) is 3.33. The van der Waals surface area contributed by atoms with Crippen molar-refractivity contribution in [2.45, 2.75) is 13.3 Å². The SMILES string of the molecule is CCCN=C(N)Nc1ccc(C(N)=O)cc1. The van der Waals surface area contributed by atoms with E-state index in [-0.39, 0.29) is 0 Å². The third-order valence-corrected chi connectivity index (χ3v) is 1.95. The summed E-state index contributed by atoms with van der Waals surface area (Å²) in [4.78, 5) is 14.9. The Morgan fingerprint density at radius 1 is 1.31 bits per heavy atom. The predicted octanol–water partition coefficient (Wildman–Crippen LogP) is 0.922. The Balaban J connectivity index is 2.65. The molecule has 0 unspecified atom stereocenters. The van der Waals surface area contributed by atoms with E-state index in [1.54, 1.807) is 24.3 Å². The molecule has 0 aliphatic carbocycles. The number of amides is 1. The minimum Gasteiger partial charge on any atom is -0.370 e. The van der Waals surface area contributed by atoms with Crippen molar-refractivity contribution in [3.63, 3.8) is 0 Å². The van der Waals surface area contributed by atoms with Gasteiger partial charge in [0.05, 0.1) is 0 Å². The van der Waals surface area contributed by atoms with Crippen LogP contribution in [0, 0.1) is 0 Å². The van der Waals surface area contributed by atoms with Crippen molar-refractivity contribution in [2.75, 3.05) is 11.9 Å². The molecule has 0 aliphatic rings. The molecule has 0 saturated heterocycles. The number of hydrogen-bond donors (Lipinski definition) is 3. The number of nitrogens with one attached hydrogen (secondary N) is 1. The number of primary amides is 1. The molecule has 0 spiro atoms. The van der Waals surface area contributed by atoms with Gasteiger partial charge in [-0.2, -0.15) is 0 Å². The van der Waals surface area contributed by atoms with E-state index in [0.29, 0.717) is 18.1 Å². The number of rotatable bonds is 4. The van der Waals surface area contributed by atoms with Crippen LogP contribution in [0.3, 0.4) is 0 Å². The molecule has 16 heavy (non-hydrogen) atoms. The number of carbonyl (C=O) groups is 1. The van der Waals surface area contributed by atoms with Gasteiger partial charge in [0.15, 0.2) is 5.96 Å². The maximum absolute atomic E-state index is 10.8. The normalized spacial score (nSPS) is 11.2. The van der Waals surface area contributed by atoms with Crippen molar-refractivity contribution in [1.82, 2.24) is 0 Å². The highest BCUT2D eigenvalue weighted by Crippen LogP contribution is 2.08. The lowest BCUT2D eigenvalue weighted by atomic mass is 10.2. The van der Waals surface area contributed by atoms with E-state index in [1.165, 1.54) is 0 Å². The van der Waals surface area contributed by atoms with E-state index < -0.39 is 5.91 Å². The summed E-state index contributed by atoms with van der Waals surface area (Å²) in [5.41, 5.74) is 12.0. The van der Waals surface area contributed by atoms with Gasteiger partial charge in [0.25, 0.3) is 0 Å². The molecule has 5 heteroatoms. The summed E-state index contributed by atoms with van der Waals surface area (Å²) in [6.45, 7) is 2.72. The zero-order valence-electron chi connectivity index (χ0n) is 9.23. The maximum atomic E-state index is 10.8. The van der Waals surface area contributed by atoms with Gasteiger partial charge < -0.3 is 16.8 Å². The van der Waals surface area contributed by atoms with Gasteiger partial charge in [-0.05, 0) is 30.7 Å². The van der Waals surface area contributed by atoms with Gasteiger partial charge in [0.1, 0.15) is 0 Å². The Morgan fingerprint density at radius 3 is 2.44 bits per heavy atom. The van der Waals surface area contributed by atoms with E-state index in [2.05, 4.69) is 10.3 Å². The van der Waals surface area contributed by atoms with E-state index >= 15 is 0 Å². The molecule has 1 rings (SSSR count). The number of nitrogens with zero attached hydrogens (tertiary/aromatic N) is 1. The van der Waals surface area contributed by atoms with Crippen molar-refractivity contribution in [3.05, 3.63) is 29.8 Å². The molecule has 5 N–H and O–H groups in total. The fraction of sp³-hybridized carbons (Fsp3) is 0.273. The van der Waals surface area contributed by atoms with Crippen molar-refractivity contribution in [2.24, 2.45) is 16.5 Å². The van der Waals surface area contributed by atoms with Crippen LogP contribution in [0.25, 0.3) is 0 Å². The fourth-order valence-electron chi connectivity index (χ4n) is 1.14. The average molecular weight is 220 g/mol. The van der Waals surface area contributed by atoms with Gasteiger partial charge in [-0.3, -0.25) is 9.79 Å². The summed E-state index contributed by atoms with van der Waals surface area (Å²) in [5, 5.41) is 2.92. The molecule has 1 aromatic rings. The van der Waals surface area contributed by atoms with Crippen LogP contribution in [0.2, 0.25) is 0 Å². The Morgan fingerprint density at radius 2 is 1.94 bits per heavy atom. The first kappa shape index (κ1) is 12.0. The molecule has 0 aliphatic heterocycles. The van der Waals surface area contributed by atoms with Gasteiger partial charge in [-0.15, -0.1) is 0 Å². The Labute approximate surface area is 94.5 Å². The van der Waals surface area contributed by atoms with Crippen LogP contribution >= 0.6 is 0 Å². The quantitative estimate of drug-likeness (QED) is 0.520. The van der Waals surface area contributed by atoms with Crippen LogP contribution in [0.1, 0.15) is 23.7 Å². The second kappa shape index (κ2) is 5.75. The molecule has 5 nitrogen and oxygen atoms in total. The third-order valence-electron chi connectivity index (χ3n) is 1.95. The highest BCUT2D eigenvalue weighted by Gasteiger charge is 1.99. The lowest BCUT2D eigenvalue weighted by molar-refractivity contribution is 0.100. The monoisotopic (exact) mass is 220 g/mol. The van der Waals surface area contributed by atoms with Crippen molar-refractivity contribution >= 4 is 17.6 Å². The Hall–Kier alpha value is -2.04. The molecule has 0 bridgehead atoms. The standard InChI is InChI=1S/C11H16N4O/c1-2-7-14-11(13)15-9-5-3-8(4-6-9)10(12)16/h3-6H,2,7H2,1H3,(H2,12,16)(H3,13,14,15). The summed E-state index contributed by atoms with van der Waals surface area (Å²) < 4.78 is 0.